The second kappa shape index (κ2) is 5.31. The monoisotopic (exact) mass is 290 g/mol. The van der Waals surface area contributed by atoms with Gasteiger partial charge in [0.15, 0.2) is 0 Å². The Morgan fingerprint density at radius 2 is 2.19 bits per heavy atom. The third-order valence-corrected chi connectivity index (χ3v) is 4.24. The summed E-state index contributed by atoms with van der Waals surface area (Å²) in [6, 6.07) is 0. The normalized spacial score (nSPS) is 17.2. The lowest BCUT2D eigenvalue weighted by Crippen LogP contribution is -2.23. The van der Waals surface area contributed by atoms with Gasteiger partial charge in [0.2, 0.25) is 5.89 Å². The fraction of sp³-hybridized carbons (Fsp3) is 0.571. The van der Waals surface area contributed by atoms with Gasteiger partial charge in [0.05, 0.1) is 18.2 Å². The van der Waals surface area contributed by atoms with Crippen molar-refractivity contribution in [3.63, 3.8) is 0 Å². The van der Waals surface area contributed by atoms with Gasteiger partial charge in [-0.25, -0.2) is 0 Å². The second-order valence-corrected chi connectivity index (χ2v) is 5.86. The number of rotatable bonds is 5. The van der Waals surface area contributed by atoms with E-state index in [1.807, 2.05) is 6.92 Å². The first-order valence-corrected chi connectivity index (χ1v) is 7.12. The van der Waals surface area contributed by atoms with Gasteiger partial charge in [0, 0.05) is 12.1 Å². The third-order valence-electron chi connectivity index (χ3n) is 4.24. The summed E-state index contributed by atoms with van der Waals surface area (Å²) in [5.74, 6) is 0.177. The van der Waals surface area contributed by atoms with E-state index in [-0.39, 0.29) is 11.8 Å². The molecular formula is C14H18N4O3. The summed E-state index contributed by atoms with van der Waals surface area (Å²) >= 11 is 0. The summed E-state index contributed by atoms with van der Waals surface area (Å²) in [6.45, 7) is 1.88. The van der Waals surface area contributed by atoms with Crippen LogP contribution in [-0.2, 0) is 11.2 Å². The number of carboxylic acids is 1. The molecule has 0 radical (unpaired) electrons. The van der Waals surface area contributed by atoms with Crippen molar-refractivity contribution in [2.45, 2.75) is 45.4 Å². The van der Waals surface area contributed by atoms with Crippen molar-refractivity contribution in [2.75, 3.05) is 0 Å². The largest absolute Gasteiger partial charge is 0.481 e. The molecule has 0 bridgehead atoms. The van der Waals surface area contributed by atoms with Crippen LogP contribution in [0.3, 0.4) is 0 Å². The lowest BCUT2D eigenvalue weighted by Gasteiger charge is -2.24. The zero-order valence-electron chi connectivity index (χ0n) is 11.9. The fourth-order valence-electron chi connectivity index (χ4n) is 3.18. The molecule has 1 fully saturated rings. The molecule has 21 heavy (non-hydrogen) atoms. The molecule has 0 unspecified atom stereocenters. The van der Waals surface area contributed by atoms with Gasteiger partial charge in [-0.3, -0.25) is 9.89 Å². The molecule has 112 valence electrons. The van der Waals surface area contributed by atoms with Gasteiger partial charge in [-0.05, 0) is 25.2 Å². The molecule has 1 aliphatic carbocycles. The van der Waals surface area contributed by atoms with E-state index < -0.39 is 5.97 Å². The van der Waals surface area contributed by atoms with E-state index in [0.717, 1.165) is 36.9 Å². The highest BCUT2D eigenvalue weighted by Crippen LogP contribution is 2.43. The lowest BCUT2D eigenvalue weighted by molar-refractivity contribution is -0.139. The number of nitrogens with zero attached hydrogens (tertiary/aromatic N) is 3. The Morgan fingerprint density at radius 3 is 2.81 bits per heavy atom. The van der Waals surface area contributed by atoms with E-state index in [1.165, 1.54) is 0 Å². The Labute approximate surface area is 121 Å². The van der Waals surface area contributed by atoms with Crippen molar-refractivity contribution in [3.05, 3.63) is 17.8 Å². The molecule has 2 aromatic rings. The van der Waals surface area contributed by atoms with Crippen molar-refractivity contribution < 1.29 is 14.3 Å². The number of nitrogens with one attached hydrogen (secondary N) is 1. The topological polar surface area (TPSA) is 105 Å². The molecule has 0 saturated heterocycles. The van der Waals surface area contributed by atoms with Crippen LogP contribution in [0.5, 0.6) is 0 Å². The standard InChI is InChI=1S/C14H18N4O3/c1-9-10(8-15-16-9)13-18-17-11(21-13)6-14(7-12(19)20)4-2-3-5-14/h8H,2-7H2,1H3,(H,15,16)(H,19,20). The van der Waals surface area contributed by atoms with Crippen molar-refractivity contribution in [3.8, 4) is 11.5 Å². The van der Waals surface area contributed by atoms with Crippen LogP contribution in [0.15, 0.2) is 10.6 Å². The first-order valence-electron chi connectivity index (χ1n) is 7.12. The fourth-order valence-corrected chi connectivity index (χ4v) is 3.18. The SMILES string of the molecule is Cc1[nH]ncc1-c1nnc(CC2(CC(=O)O)CCCC2)o1. The molecule has 0 amide bonds. The van der Waals surface area contributed by atoms with Gasteiger partial charge in [0.1, 0.15) is 0 Å². The highest BCUT2D eigenvalue weighted by molar-refractivity contribution is 5.67. The van der Waals surface area contributed by atoms with Gasteiger partial charge in [-0.2, -0.15) is 5.10 Å². The first kappa shape index (κ1) is 13.8. The summed E-state index contributed by atoms with van der Waals surface area (Å²) < 4.78 is 5.70. The van der Waals surface area contributed by atoms with Crippen molar-refractivity contribution in [1.82, 2.24) is 20.4 Å². The van der Waals surface area contributed by atoms with E-state index in [1.54, 1.807) is 6.20 Å². The van der Waals surface area contributed by atoms with Crippen LogP contribution >= 0.6 is 0 Å². The summed E-state index contributed by atoms with van der Waals surface area (Å²) in [7, 11) is 0. The smallest absolute Gasteiger partial charge is 0.303 e. The molecule has 0 spiro atoms. The number of aryl methyl sites for hydroxylation is 1. The predicted molar refractivity (Wildman–Crippen MR) is 73.5 cm³/mol. The van der Waals surface area contributed by atoms with Crippen LogP contribution in [0.1, 0.15) is 43.7 Å². The molecule has 7 nitrogen and oxygen atoms in total. The molecule has 0 atom stereocenters. The van der Waals surface area contributed by atoms with Gasteiger partial charge >= 0.3 is 5.97 Å². The molecule has 1 aliphatic rings. The highest BCUT2D eigenvalue weighted by atomic mass is 16.4. The molecule has 1 saturated carbocycles. The van der Waals surface area contributed by atoms with Crippen molar-refractivity contribution >= 4 is 5.97 Å². The number of aromatic amines is 1. The third kappa shape index (κ3) is 2.81. The average Bonchev–Trinajstić information content (AvgIpc) is 3.11. The van der Waals surface area contributed by atoms with Gasteiger partial charge in [-0.1, -0.05) is 12.8 Å². The molecule has 2 heterocycles. The van der Waals surface area contributed by atoms with E-state index in [0.29, 0.717) is 18.2 Å². The molecule has 0 aliphatic heterocycles. The van der Waals surface area contributed by atoms with E-state index in [4.69, 9.17) is 9.52 Å². The van der Waals surface area contributed by atoms with Crippen LogP contribution in [-0.4, -0.2) is 31.5 Å². The average molecular weight is 290 g/mol. The van der Waals surface area contributed by atoms with Gasteiger partial charge < -0.3 is 9.52 Å². The summed E-state index contributed by atoms with van der Waals surface area (Å²) in [5.41, 5.74) is 1.42. The van der Waals surface area contributed by atoms with Crippen LogP contribution < -0.4 is 0 Å². The first-order chi connectivity index (χ1) is 10.1. The summed E-state index contributed by atoms with van der Waals surface area (Å²) in [4.78, 5) is 11.1. The minimum atomic E-state index is -0.762. The quantitative estimate of drug-likeness (QED) is 0.875. The van der Waals surface area contributed by atoms with E-state index in [2.05, 4.69) is 20.4 Å². The van der Waals surface area contributed by atoms with Crippen LogP contribution in [0, 0.1) is 12.3 Å². The van der Waals surface area contributed by atoms with Crippen molar-refractivity contribution in [1.29, 1.82) is 0 Å². The maximum Gasteiger partial charge on any atom is 0.303 e. The Bertz CT molecular complexity index is 640. The Hall–Kier alpha value is -2.18. The molecule has 3 rings (SSSR count). The number of hydrogen-bond donors (Lipinski definition) is 2. The minimum Gasteiger partial charge on any atom is -0.481 e. The molecular weight excluding hydrogens is 272 g/mol. The predicted octanol–water partition coefficient (Wildman–Crippen LogP) is 2.35. The summed E-state index contributed by atoms with van der Waals surface area (Å²) in [5, 5.41) is 24.0. The van der Waals surface area contributed by atoms with Crippen molar-refractivity contribution in [2.24, 2.45) is 5.41 Å². The lowest BCUT2D eigenvalue weighted by atomic mass is 9.79. The number of H-pyrrole nitrogens is 1. The maximum absolute atomic E-state index is 11.1. The van der Waals surface area contributed by atoms with Crippen LogP contribution in [0.25, 0.3) is 11.5 Å². The minimum absolute atomic E-state index is 0.162. The highest BCUT2D eigenvalue weighted by Gasteiger charge is 2.37. The van der Waals surface area contributed by atoms with Gasteiger partial charge in [0.25, 0.3) is 5.89 Å². The number of carbonyl (C=O) groups is 1. The summed E-state index contributed by atoms with van der Waals surface area (Å²) in [6.07, 6.45) is 6.28. The molecule has 2 N–H and O–H groups in total. The maximum atomic E-state index is 11.1. The van der Waals surface area contributed by atoms with Crippen LogP contribution in [0.4, 0.5) is 0 Å². The van der Waals surface area contributed by atoms with Crippen LogP contribution in [0.2, 0.25) is 0 Å². The molecule has 0 aromatic carbocycles. The zero-order chi connectivity index (χ0) is 14.9. The molecule has 7 heteroatoms. The number of aliphatic carboxylic acids is 1. The number of aromatic nitrogens is 4. The molecule has 2 aromatic heterocycles. The Kier molecular flexibility index (Phi) is 3.48. The Morgan fingerprint density at radius 1 is 1.43 bits per heavy atom. The van der Waals surface area contributed by atoms with E-state index in [9.17, 15) is 4.79 Å². The number of hydrogen-bond acceptors (Lipinski definition) is 5. The van der Waals surface area contributed by atoms with Gasteiger partial charge in [-0.15, -0.1) is 10.2 Å². The van der Waals surface area contributed by atoms with E-state index >= 15 is 0 Å². The zero-order valence-corrected chi connectivity index (χ0v) is 11.9. The number of carboxylic acid groups (broad SMARTS) is 1. The second-order valence-electron chi connectivity index (χ2n) is 5.86. The Balaban J connectivity index is 1.80.